The molecule has 0 aliphatic rings. The number of aryl methyl sites for hydroxylation is 1. The zero-order valence-electron chi connectivity index (χ0n) is 16.5. The van der Waals surface area contributed by atoms with Gasteiger partial charge in [0.25, 0.3) is 5.91 Å². The third kappa shape index (κ3) is 4.96. The summed E-state index contributed by atoms with van der Waals surface area (Å²) in [5.74, 6) is -0.0142. The second kappa shape index (κ2) is 8.53. The van der Waals surface area contributed by atoms with E-state index in [2.05, 4.69) is 10.5 Å². The monoisotopic (exact) mass is 408 g/mol. The maximum absolute atomic E-state index is 12.5. The predicted octanol–water partition coefficient (Wildman–Crippen LogP) is 1.72. The van der Waals surface area contributed by atoms with Crippen LogP contribution in [0.25, 0.3) is 0 Å². The Hall–Kier alpha value is -2.72. The summed E-state index contributed by atoms with van der Waals surface area (Å²) in [6.45, 7) is 5.05. The molecule has 2 aromatic rings. The van der Waals surface area contributed by atoms with Gasteiger partial charge in [0.05, 0.1) is 11.4 Å². The number of nitrogens with one attached hydrogen (secondary N) is 1. The molecule has 28 heavy (non-hydrogen) atoms. The number of likely N-dealkylation sites (N-methyl/N-ethyl adjacent to an activating group) is 1. The van der Waals surface area contributed by atoms with Gasteiger partial charge in [-0.3, -0.25) is 9.59 Å². The Bertz CT molecular complexity index is 951. The third-order valence-electron chi connectivity index (χ3n) is 4.13. The first kappa shape index (κ1) is 21.6. The number of carbonyl (C=O) groups excluding carboxylic acids is 2. The maximum atomic E-state index is 12.5. The highest BCUT2D eigenvalue weighted by molar-refractivity contribution is 7.89. The van der Waals surface area contributed by atoms with Gasteiger partial charge in [-0.1, -0.05) is 5.16 Å². The number of nitrogens with zero attached hydrogens (tertiary/aromatic N) is 3. The van der Waals surface area contributed by atoms with E-state index in [1.165, 1.54) is 47.6 Å². The minimum absolute atomic E-state index is 0.0991. The standard InChI is InChI=1S/C18H24N4O5S/c1-12(2)22(5)28(25,26)15-8-6-14(7-9-15)18(24)21(4)11-17(23)19-16-10-13(3)27-20-16/h6-10,12H,11H2,1-5H3,(H,19,20,23). The molecule has 152 valence electrons. The van der Waals surface area contributed by atoms with Crippen LogP contribution in [0.4, 0.5) is 5.82 Å². The summed E-state index contributed by atoms with van der Waals surface area (Å²) in [4.78, 5) is 25.8. The summed E-state index contributed by atoms with van der Waals surface area (Å²) in [6.07, 6.45) is 0. The molecule has 0 fully saturated rings. The van der Waals surface area contributed by atoms with Gasteiger partial charge in [0.2, 0.25) is 15.9 Å². The van der Waals surface area contributed by atoms with Crippen LogP contribution in [0, 0.1) is 6.92 Å². The fourth-order valence-electron chi connectivity index (χ4n) is 2.33. The molecule has 1 heterocycles. The first-order valence-corrected chi connectivity index (χ1v) is 10.0. The summed E-state index contributed by atoms with van der Waals surface area (Å²) in [5.41, 5.74) is 0.277. The Morgan fingerprint density at radius 2 is 1.79 bits per heavy atom. The smallest absolute Gasteiger partial charge is 0.254 e. The van der Waals surface area contributed by atoms with Gasteiger partial charge >= 0.3 is 0 Å². The van der Waals surface area contributed by atoms with Crippen LogP contribution in [0.5, 0.6) is 0 Å². The number of anilines is 1. The fraction of sp³-hybridized carbons (Fsp3) is 0.389. The number of amides is 2. The van der Waals surface area contributed by atoms with Gasteiger partial charge in [0, 0.05) is 31.8 Å². The lowest BCUT2D eigenvalue weighted by Crippen LogP contribution is -2.35. The Kier molecular flexibility index (Phi) is 6.57. The number of hydrogen-bond acceptors (Lipinski definition) is 6. The van der Waals surface area contributed by atoms with Gasteiger partial charge in [0.15, 0.2) is 5.82 Å². The molecule has 0 bridgehead atoms. The molecule has 2 amide bonds. The molecule has 2 rings (SSSR count). The third-order valence-corrected chi connectivity index (χ3v) is 6.18. The van der Waals surface area contributed by atoms with Crippen molar-refractivity contribution in [2.45, 2.75) is 31.7 Å². The Balaban J connectivity index is 2.04. The van der Waals surface area contributed by atoms with E-state index in [4.69, 9.17) is 4.52 Å². The van der Waals surface area contributed by atoms with E-state index in [9.17, 15) is 18.0 Å². The van der Waals surface area contributed by atoms with Crippen molar-refractivity contribution in [1.29, 1.82) is 0 Å². The summed E-state index contributed by atoms with van der Waals surface area (Å²) in [7, 11) is -0.643. The molecule has 0 aliphatic carbocycles. The van der Waals surface area contributed by atoms with E-state index < -0.39 is 21.8 Å². The maximum Gasteiger partial charge on any atom is 0.254 e. The quantitative estimate of drug-likeness (QED) is 0.746. The van der Waals surface area contributed by atoms with Crippen LogP contribution in [-0.4, -0.2) is 61.3 Å². The average molecular weight is 408 g/mol. The molecule has 1 aromatic heterocycles. The highest BCUT2D eigenvalue weighted by Crippen LogP contribution is 2.18. The SMILES string of the molecule is Cc1cc(NC(=O)CN(C)C(=O)c2ccc(S(=O)(=O)N(C)C(C)C)cc2)no1. The predicted molar refractivity (Wildman–Crippen MR) is 103 cm³/mol. The largest absolute Gasteiger partial charge is 0.360 e. The second-order valence-corrected chi connectivity index (χ2v) is 8.67. The first-order chi connectivity index (χ1) is 13.0. The van der Waals surface area contributed by atoms with Gasteiger partial charge in [-0.15, -0.1) is 0 Å². The molecule has 9 nitrogen and oxygen atoms in total. The van der Waals surface area contributed by atoms with Gasteiger partial charge < -0.3 is 14.7 Å². The van der Waals surface area contributed by atoms with Gasteiger partial charge in [0.1, 0.15) is 5.76 Å². The summed E-state index contributed by atoms with van der Waals surface area (Å²) in [6, 6.07) is 7.00. The Morgan fingerprint density at radius 3 is 2.29 bits per heavy atom. The Labute approximate surface area is 164 Å². The summed E-state index contributed by atoms with van der Waals surface area (Å²) in [5, 5.41) is 6.18. The summed E-state index contributed by atoms with van der Waals surface area (Å²) < 4.78 is 31.1. The highest BCUT2D eigenvalue weighted by atomic mass is 32.2. The minimum Gasteiger partial charge on any atom is -0.360 e. The molecule has 0 spiro atoms. The molecular formula is C18H24N4O5S. The van der Waals surface area contributed by atoms with Crippen molar-refractivity contribution >= 4 is 27.7 Å². The number of hydrogen-bond donors (Lipinski definition) is 1. The van der Waals surface area contributed by atoms with Gasteiger partial charge in [-0.2, -0.15) is 4.31 Å². The molecule has 0 aliphatic heterocycles. The van der Waals surface area contributed by atoms with E-state index in [-0.39, 0.29) is 28.9 Å². The minimum atomic E-state index is -3.62. The fourth-order valence-corrected chi connectivity index (χ4v) is 3.70. The van der Waals surface area contributed by atoms with Crippen LogP contribution in [0.3, 0.4) is 0 Å². The molecule has 0 unspecified atom stereocenters. The number of aromatic nitrogens is 1. The van der Waals surface area contributed by atoms with E-state index in [1.807, 2.05) is 0 Å². The van der Waals surface area contributed by atoms with Crippen molar-refractivity contribution in [1.82, 2.24) is 14.4 Å². The highest BCUT2D eigenvalue weighted by Gasteiger charge is 2.23. The van der Waals surface area contributed by atoms with E-state index >= 15 is 0 Å². The second-order valence-electron chi connectivity index (χ2n) is 6.67. The molecule has 0 radical (unpaired) electrons. The van der Waals surface area contributed by atoms with E-state index in [1.54, 1.807) is 26.8 Å². The molecule has 1 aromatic carbocycles. The van der Waals surface area contributed by atoms with Crippen molar-refractivity contribution in [2.75, 3.05) is 26.0 Å². The lowest BCUT2D eigenvalue weighted by molar-refractivity contribution is -0.116. The molecular weight excluding hydrogens is 384 g/mol. The first-order valence-electron chi connectivity index (χ1n) is 8.59. The molecule has 0 saturated carbocycles. The molecule has 1 N–H and O–H groups in total. The zero-order chi connectivity index (χ0) is 21.1. The molecule has 10 heteroatoms. The van der Waals surface area contributed by atoms with E-state index in [0.717, 1.165) is 0 Å². The number of sulfonamides is 1. The van der Waals surface area contributed by atoms with Crippen LogP contribution < -0.4 is 5.32 Å². The van der Waals surface area contributed by atoms with Crippen LogP contribution in [-0.2, 0) is 14.8 Å². The number of rotatable bonds is 7. The normalized spacial score (nSPS) is 11.7. The van der Waals surface area contributed by atoms with Crippen LogP contribution in [0.1, 0.15) is 30.0 Å². The molecule has 0 saturated heterocycles. The van der Waals surface area contributed by atoms with Crippen molar-refractivity contribution in [3.05, 3.63) is 41.7 Å². The van der Waals surface area contributed by atoms with E-state index in [0.29, 0.717) is 5.76 Å². The molecule has 0 atom stereocenters. The van der Waals surface area contributed by atoms with Crippen LogP contribution in [0.15, 0.2) is 39.8 Å². The summed E-state index contributed by atoms with van der Waals surface area (Å²) >= 11 is 0. The zero-order valence-corrected chi connectivity index (χ0v) is 17.3. The number of benzene rings is 1. The van der Waals surface area contributed by atoms with Crippen molar-refractivity contribution in [3.8, 4) is 0 Å². The van der Waals surface area contributed by atoms with Crippen molar-refractivity contribution in [2.24, 2.45) is 0 Å². The lowest BCUT2D eigenvalue weighted by Gasteiger charge is -2.21. The van der Waals surface area contributed by atoms with Crippen molar-refractivity contribution in [3.63, 3.8) is 0 Å². The van der Waals surface area contributed by atoms with Gasteiger partial charge in [-0.25, -0.2) is 8.42 Å². The average Bonchev–Trinajstić information content (AvgIpc) is 3.04. The topological polar surface area (TPSA) is 113 Å². The lowest BCUT2D eigenvalue weighted by atomic mass is 10.2. The van der Waals surface area contributed by atoms with Crippen LogP contribution in [0.2, 0.25) is 0 Å². The Morgan fingerprint density at radius 1 is 1.18 bits per heavy atom. The number of carbonyl (C=O) groups is 2. The van der Waals surface area contributed by atoms with Crippen LogP contribution >= 0.6 is 0 Å². The van der Waals surface area contributed by atoms with Crippen molar-refractivity contribution < 1.29 is 22.5 Å². The van der Waals surface area contributed by atoms with Gasteiger partial charge in [-0.05, 0) is 45.0 Å².